The fraction of sp³-hybridized carbons (Fsp3) is 0. The normalized spacial score (nSPS) is 9.85. The Morgan fingerprint density at radius 1 is 0.900 bits per heavy atom. The van der Waals surface area contributed by atoms with Gasteiger partial charge in [-0.3, -0.25) is 4.98 Å². The van der Waals surface area contributed by atoms with Gasteiger partial charge in [0.05, 0.1) is 16.9 Å². The van der Waals surface area contributed by atoms with Crippen LogP contribution in [-0.4, -0.2) is 4.98 Å². The molecular weight excluding hydrogens is 293 g/mol. The van der Waals surface area contributed by atoms with E-state index in [1.165, 1.54) is 0 Å². The standard InChI is InChI=1S/C15H12ClN3.ClH/c16-11-6-7-13-14(8-9-17-15(13)10-11)19-18-12-4-2-1-3-5-12;/h1-10,18H,(H,17,19);1H. The fourth-order valence-corrected chi connectivity index (χ4v) is 2.06. The molecule has 102 valence electrons. The number of aromatic nitrogens is 1. The fourth-order valence-electron chi connectivity index (χ4n) is 1.89. The van der Waals surface area contributed by atoms with Crippen LogP contribution in [0, 0.1) is 0 Å². The highest BCUT2D eigenvalue weighted by Gasteiger charge is 2.02. The zero-order valence-electron chi connectivity index (χ0n) is 10.5. The molecule has 0 bridgehead atoms. The molecule has 0 aliphatic carbocycles. The highest BCUT2D eigenvalue weighted by molar-refractivity contribution is 6.31. The van der Waals surface area contributed by atoms with Crippen LogP contribution in [0.2, 0.25) is 5.02 Å². The number of hydrogen-bond donors (Lipinski definition) is 2. The van der Waals surface area contributed by atoms with E-state index in [-0.39, 0.29) is 12.4 Å². The number of rotatable bonds is 3. The molecule has 3 rings (SSSR count). The third kappa shape index (κ3) is 3.13. The van der Waals surface area contributed by atoms with Crippen molar-refractivity contribution < 1.29 is 0 Å². The number of hydrazine groups is 1. The highest BCUT2D eigenvalue weighted by atomic mass is 35.5. The molecule has 0 aliphatic heterocycles. The molecular formula is C15H13Cl2N3. The van der Waals surface area contributed by atoms with Gasteiger partial charge in [0.15, 0.2) is 0 Å². The van der Waals surface area contributed by atoms with Gasteiger partial charge in [-0.1, -0.05) is 29.8 Å². The maximum Gasteiger partial charge on any atom is 0.0738 e. The van der Waals surface area contributed by atoms with Gasteiger partial charge in [-0.15, -0.1) is 12.4 Å². The van der Waals surface area contributed by atoms with E-state index in [9.17, 15) is 0 Å². The van der Waals surface area contributed by atoms with Crippen LogP contribution in [0.4, 0.5) is 11.4 Å². The smallest absolute Gasteiger partial charge is 0.0738 e. The molecule has 0 atom stereocenters. The molecule has 0 unspecified atom stereocenters. The summed E-state index contributed by atoms with van der Waals surface area (Å²) in [5, 5.41) is 1.71. The van der Waals surface area contributed by atoms with Crippen molar-refractivity contribution in [1.82, 2.24) is 4.98 Å². The van der Waals surface area contributed by atoms with Crippen LogP contribution in [0.3, 0.4) is 0 Å². The van der Waals surface area contributed by atoms with E-state index >= 15 is 0 Å². The molecule has 2 N–H and O–H groups in total. The van der Waals surface area contributed by atoms with E-state index < -0.39 is 0 Å². The maximum absolute atomic E-state index is 5.97. The van der Waals surface area contributed by atoms with Gasteiger partial charge in [-0.05, 0) is 36.4 Å². The first kappa shape index (κ1) is 14.4. The second kappa shape index (κ2) is 6.46. The molecule has 0 aliphatic rings. The molecule has 0 fully saturated rings. The Hall–Kier alpha value is -1.97. The lowest BCUT2D eigenvalue weighted by Gasteiger charge is -2.11. The summed E-state index contributed by atoms with van der Waals surface area (Å²) in [5.74, 6) is 0. The predicted molar refractivity (Wildman–Crippen MR) is 87.7 cm³/mol. The zero-order chi connectivity index (χ0) is 13.1. The molecule has 3 nitrogen and oxygen atoms in total. The summed E-state index contributed by atoms with van der Waals surface area (Å²) in [6, 6.07) is 17.5. The van der Waals surface area contributed by atoms with Crippen LogP contribution in [0.5, 0.6) is 0 Å². The summed E-state index contributed by atoms with van der Waals surface area (Å²) in [6.07, 6.45) is 1.76. The topological polar surface area (TPSA) is 37.0 Å². The molecule has 1 heterocycles. The van der Waals surface area contributed by atoms with Crippen molar-refractivity contribution in [3.05, 3.63) is 65.8 Å². The van der Waals surface area contributed by atoms with E-state index in [2.05, 4.69) is 15.8 Å². The largest absolute Gasteiger partial charge is 0.301 e. The van der Waals surface area contributed by atoms with Crippen molar-refractivity contribution in [1.29, 1.82) is 0 Å². The molecule has 0 amide bonds. The summed E-state index contributed by atoms with van der Waals surface area (Å²) in [6.45, 7) is 0. The third-order valence-electron chi connectivity index (χ3n) is 2.82. The van der Waals surface area contributed by atoms with Crippen LogP contribution in [0.1, 0.15) is 0 Å². The van der Waals surface area contributed by atoms with Gasteiger partial charge >= 0.3 is 0 Å². The summed E-state index contributed by atoms with van der Waals surface area (Å²) >= 11 is 5.97. The monoisotopic (exact) mass is 305 g/mol. The molecule has 0 saturated heterocycles. The van der Waals surface area contributed by atoms with Gasteiger partial charge in [0.25, 0.3) is 0 Å². The Balaban J connectivity index is 0.00000147. The number of pyridine rings is 1. The summed E-state index contributed by atoms with van der Waals surface area (Å²) in [4.78, 5) is 4.31. The number of para-hydroxylation sites is 1. The van der Waals surface area contributed by atoms with E-state index in [1.807, 2.05) is 54.6 Å². The van der Waals surface area contributed by atoms with E-state index in [4.69, 9.17) is 11.6 Å². The lowest BCUT2D eigenvalue weighted by Crippen LogP contribution is -2.08. The van der Waals surface area contributed by atoms with Crippen LogP contribution < -0.4 is 10.9 Å². The zero-order valence-corrected chi connectivity index (χ0v) is 12.1. The van der Waals surface area contributed by atoms with Gasteiger partial charge in [0.1, 0.15) is 0 Å². The van der Waals surface area contributed by atoms with Crippen molar-refractivity contribution in [2.45, 2.75) is 0 Å². The second-order valence-electron chi connectivity index (χ2n) is 4.14. The van der Waals surface area contributed by atoms with Crippen molar-refractivity contribution in [2.24, 2.45) is 0 Å². The molecule has 0 saturated carbocycles. The predicted octanol–water partition coefficient (Wildman–Crippen LogP) is 4.75. The summed E-state index contributed by atoms with van der Waals surface area (Å²) in [7, 11) is 0. The number of hydrogen-bond acceptors (Lipinski definition) is 3. The average Bonchev–Trinajstić information content (AvgIpc) is 2.45. The van der Waals surface area contributed by atoms with Crippen LogP contribution in [0.15, 0.2) is 60.8 Å². The van der Waals surface area contributed by atoms with E-state index in [0.717, 1.165) is 22.3 Å². The van der Waals surface area contributed by atoms with E-state index in [0.29, 0.717) is 5.02 Å². The van der Waals surface area contributed by atoms with Crippen molar-refractivity contribution >= 4 is 46.3 Å². The van der Waals surface area contributed by atoms with Gasteiger partial charge in [0.2, 0.25) is 0 Å². The lowest BCUT2D eigenvalue weighted by atomic mass is 10.2. The van der Waals surface area contributed by atoms with Gasteiger partial charge in [-0.25, -0.2) is 0 Å². The number of nitrogens with zero attached hydrogens (tertiary/aromatic N) is 1. The number of nitrogens with one attached hydrogen (secondary N) is 2. The van der Waals surface area contributed by atoms with Gasteiger partial charge < -0.3 is 10.9 Å². The summed E-state index contributed by atoms with van der Waals surface area (Å²) in [5.41, 5.74) is 9.18. The Kier molecular flexibility index (Phi) is 4.66. The Morgan fingerprint density at radius 2 is 1.70 bits per heavy atom. The minimum absolute atomic E-state index is 0. The maximum atomic E-state index is 5.97. The molecule has 0 spiro atoms. The number of fused-ring (bicyclic) bond motifs is 1. The Bertz CT molecular complexity index is 702. The number of anilines is 2. The van der Waals surface area contributed by atoms with E-state index in [1.54, 1.807) is 6.20 Å². The van der Waals surface area contributed by atoms with Crippen LogP contribution in [-0.2, 0) is 0 Å². The minimum atomic E-state index is 0. The lowest BCUT2D eigenvalue weighted by molar-refractivity contribution is 1.37. The highest BCUT2D eigenvalue weighted by Crippen LogP contribution is 2.24. The van der Waals surface area contributed by atoms with Crippen molar-refractivity contribution in [3.63, 3.8) is 0 Å². The van der Waals surface area contributed by atoms with Gasteiger partial charge in [-0.2, -0.15) is 0 Å². The number of halogens is 2. The summed E-state index contributed by atoms with van der Waals surface area (Å²) < 4.78 is 0. The molecule has 20 heavy (non-hydrogen) atoms. The SMILES string of the molecule is Cl.Clc1ccc2c(NNc3ccccc3)ccnc2c1. The molecule has 5 heteroatoms. The van der Waals surface area contributed by atoms with Crippen molar-refractivity contribution in [2.75, 3.05) is 10.9 Å². The van der Waals surface area contributed by atoms with Crippen LogP contribution in [0.25, 0.3) is 10.9 Å². The van der Waals surface area contributed by atoms with Gasteiger partial charge in [0, 0.05) is 16.6 Å². The van der Waals surface area contributed by atoms with Crippen molar-refractivity contribution in [3.8, 4) is 0 Å². The Labute approximate surface area is 128 Å². The average molecular weight is 306 g/mol. The number of benzene rings is 2. The first-order chi connectivity index (χ1) is 9.33. The third-order valence-corrected chi connectivity index (χ3v) is 3.06. The minimum Gasteiger partial charge on any atom is -0.301 e. The molecule has 2 aromatic carbocycles. The second-order valence-corrected chi connectivity index (χ2v) is 4.57. The first-order valence-corrected chi connectivity index (χ1v) is 6.32. The molecule has 0 radical (unpaired) electrons. The molecule has 1 aromatic heterocycles. The Morgan fingerprint density at radius 3 is 2.50 bits per heavy atom. The molecule has 3 aromatic rings. The first-order valence-electron chi connectivity index (χ1n) is 5.94. The quantitative estimate of drug-likeness (QED) is 0.686. The van der Waals surface area contributed by atoms with Crippen LogP contribution >= 0.6 is 24.0 Å².